The fourth-order valence-corrected chi connectivity index (χ4v) is 0. The molecule has 0 aromatic rings. The minimum absolute atomic E-state index is 0. The van der Waals surface area contributed by atoms with E-state index in [0.29, 0.717) is 0 Å². The first kappa shape index (κ1) is 31.0. The summed E-state index contributed by atoms with van der Waals surface area (Å²) in [5.74, 6) is 0. The van der Waals surface area contributed by atoms with Crippen LogP contribution in [0.5, 0.6) is 0 Å². The van der Waals surface area contributed by atoms with Gasteiger partial charge in [-0.3, -0.25) is 0 Å². The van der Waals surface area contributed by atoms with Crippen LogP contribution in [0.3, 0.4) is 0 Å². The van der Waals surface area contributed by atoms with Gasteiger partial charge in [-0.05, 0) is 20.8 Å². The van der Waals surface area contributed by atoms with E-state index in [4.69, 9.17) is 5.11 Å². The molecule has 0 aromatic heterocycles. The molecule has 0 unspecified atom stereocenters. The van der Waals surface area contributed by atoms with Crippen LogP contribution in [-0.4, -0.2) is 10.7 Å². The van der Waals surface area contributed by atoms with Gasteiger partial charge in [-0.15, -0.1) is 0 Å². The summed E-state index contributed by atoms with van der Waals surface area (Å²) < 4.78 is 0. The third-order valence-electron chi connectivity index (χ3n) is 0. The van der Waals surface area contributed by atoms with Gasteiger partial charge in [0.2, 0.25) is 0 Å². The Balaban J connectivity index is -0.0000000133. The van der Waals surface area contributed by atoms with Crippen LogP contribution >= 0.6 is 0 Å². The van der Waals surface area contributed by atoms with Crippen molar-refractivity contribution in [3.05, 3.63) is 0 Å². The van der Waals surface area contributed by atoms with E-state index in [2.05, 4.69) is 0 Å². The third kappa shape index (κ3) is 197. The minimum Gasteiger partial charge on any atom is -1.00 e. The second-order valence-corrected chi connectivity index (χ2v) is 2.17. The Kier molecular flexibility index (Phi) is 42.6. The second kappa shape index (κ2) is 12.4. The summed E-state index contributed by atoms with van der Waals surface area (Å²) in [7, 11) is 0. The van der Waals surface area contributed by atoms with Crippen LogP contribution in [0.2, 0.25) is 0 Å². The van der Waals surface area contributed by atoms with Crippen molar-refractivity contribution >= 4 is 0 Å². The normalized spacial score (nSPS) is 6.67. The molecule has 1 radical (unpaired) electrons. The van der Waals surface area contributed by atoms with Gasteiger partial charge in [0.1, 0.15) is 0 Å². The Bertz CT molecular complexity index is 31.3. The van der Waals surface area contributed by atoms with Crippen molar-refractivity contribution in [3.63, 3.8) is 0 Å². The summed E-state index contributed by atoms with van der Waals surface area (Å²) in [4.78, 5) is 0. The molecule has 0 rings (SSSR count). The number of hydrogen-bond acceptors (Lipinski definition) is 1. The van der Waals surface area contributed by atoms with Gasteiger partial charge in [-0.1, -0.05) is 0 Å². The number of aliphatic hydroxyl groups is 1. The van der Waals surface area contributed by atoms with Crippen LogP contribution in [-0.2, 0) is 26.2 Å². The molecule has 0 aliphatic heterocycles. The van der Waals surface area contributed by atoms with Crippen molar-refractivity contribution in [1.82, 2.24) is 0 Å². The molecule has 1 N–H and O–H groups in total. The molecule has 0 amide bonds. The Morgan fingerprint density at radius 2 is 0.889 bits per heavy atom. The van der Waals surface area contributed by atoms with E-state index in [9.17, 15) is 0 Å². The molecule has 0 saturated carbocycles. The molecule has 0 heterocycles. The Hall–Kier alpha value is 1.71. The first-order valence-electron chi connectivity index (χ1n) is 1.72. The van der Waals surface area contributed by atoms with E-state index in [0.717, 1.165) is 0 Å². The maximum Gasteiger partial charge on any atom is 3.00 e. The zero-order chi connectivity index (χ0) is 4.50. The topological polar surface area (TPSA) is 20.2 Å². The molecule has 57 valence electrons. The van der Waals surface area contributed by atoms with Crippen LogP contribution in [0.15, 0.2) is 0 Å². The maximum absolute atomic E-state index is 8.52. The maximum atomic E-state index is 8.52. The SMILES string of the molecule is CC(C)(C)O.[Cl-].[Cl-].[Cl-].[Zr+3]. The average molecular weight is 272 g/mol. The molecular weight excluding hydrogens is 262 g/mol. The largest absolute Gasteiger partial charge is 3.00 e. The van der Waals surface area contributed by atoms with E-state index < -0.39 is 5.60 Å². The van der Waals surface area contributed by atoms with Crippen LogP contribution in [0.25, 0.3) is 0 Å². The van der Waals surface area contributed by atoms with Gasteiger partial charge in [0.25, 0.3) is 0 Å². The van der Waals surface area contributed by atoms with Crippen molar-refractivity contribution < 1.29 is 68.5 Å². The zero-order valence-electron chi connectivity index (χ0n) is 5.58. The molecule has 0 saturated heterocycles. The van der Waals surface area contributed by atoms with E-state index >= 15 is 0 Å². The number of rotatable bonds is 0. The predicted octanol–water partition coefficient (Wildman–Crippen LogP) is -8.21. The molecule has 1 nitrogen and oxygen atoms in total. The van der Waals surface area contributed by atoms with Gasteiger partial charge in [-0.2, -0.15) is 0 Å². The van der Waals surface area contributed by atoms with Crippen LogP contribution < -0.4 is 37.2 Å². The Morgan fingerprint density at radius 1 is 0.889 bits per heavy atom. The van der Waals surface area contributed by atoms with Crippen LogP contribution in [0.4, 0.5) is 0 Å². The van der Waals surface area contributed by atoms with E-state index in [1.54, 1.807) is 20.8 Å². The van der Waals surface area contributed by atoms with Crippen LogP contribution in [0, 0.1) is 0 Å². The number of hydrogen-bond donors (Lipinski definition) is 1. The van der Waals surface area contributed by atoms with E-state index in [1.165, 1.54) is 0 Å². The van der Waals surface area contributed by atoms with Crippen molar-refractivity contribution in [2.24, 2.45) is 0 Å². The molecular formula is C4H10Cl3OZr. The van der Waals surface area contributed by atoms with E-state index in [1.807, 2.05) is 0 Å². The average Bonchev–Trinajstić information content (AvgIpc) is 0.722. The van der Waals surface area contributed by atoms with Gasteiger partial charge in [-0.25, -0.2) is 0 Å². The minimum atomic E-state index is -0.500. The summed E-state index contributed by atoms with van der Waals surface area (Å²) in [6.07, 6.45) is 0. The molecule has 0 fully saturated rings. The summed E-state index contributed by atoms with van der Waals surface area (Å²) >= 11 is 0. The van der Waals surface area contributed by atoms with Gasteiger partial charge >= 0.3 is 26.2 Å². The zero-order valence-corrected chi connectivity index (χ0v) is 10.3. The van der Waals surface area contributed by atoms with Crippen molar-refractivity contribution in [1.29, 1.82) is 0 Å². The second-order valence-electron chi connectivity index (χ2n) is 2.17. The molecule has 0 atom stereocenters. The molecule has 0 aromatic carbocycles. The fourth-order valence-electron chi connectivity index (χ4n) is 0. The quantitative estimate of drug-likeness (QED) is 0.464. The Labute approximate surface area is 94.3 Å². The van der Waals surface area contributed by atoms with Crippen molar-refractivity contribution in [3.8, 4) is 0 Å². The summed E-state index contributed by atoms with van der Waals surface area (Å²) in [5, 5.41) is 8.52. The van der Waals surface area contributed by atoms with Crippen molar-refractivity contribution in [2.75, 3.05) is 0 Å². The van der Waals surface area contributed by atoms with Gasteiger partial charge in [0, 0.05) is 0 Å². The van der Waals surface area contributed by atoms with Gasteiger partial charge in [0.05, 0.1) is 5.60 Å². The monoisotopic (exact) mass is 269 g/mol. The number of halogens is 3. The molecule has 0 spiro atoms. The summed E-state index contributed by atoms with van der Waals surface area (Å²) in [5.41, 5.74) is -0.500. The predicted molar refractivity (Wildman–Crippen MR) is 22.0 cm³/mol. The molecule has 9 heavy (non-hydrogen) atoms. The molecule has 0 bridgehead atoms. The molecule has 0 aliphatic rings. The first-order chi connectivity index (χ1) is 2.00. The van der Waals surface area contributed by atoms with Gasteiger partial charge < -0.3 is 42.3 Å². The fraction of sp³-hybridized carbons (Fsp3) is 1.00. The van der Waals surface area contributed by atoms with Gasteiger partial charge in [0.15, 0.2) is 0 Å². The first-order valence-corrected chi connectivity index (χ1v) is 1.72. The molecule has 0 aliphatic carbocycles. The molecule has 5 heteroatoms. The standard InChI is InChI=1S/C4H10O.3ClH.Zr/c1-4(2,3)5;;;;/h5H,1-3H3;3*1H;/q;;;;+3/p-3. The summed E-state index contributed by atoms with van der Waals surface area (Å²) in [6.45, 7) is 5.23. The smallest absolute Gasteiger partial charge is 1.00 e. The summed E-state index contributed by atoms with van der Waals surface area (Å²) in [6, 6.07) is 0. The Morgan fingerprint density at radius 3 is 0.889 bits per heavy atom. The third-order valence-corrected chi connectivity index (χ3v) is 0. The van der Waals surface area contributed by atoms with E-state index in [-0.39, 0.29) is 63.4 Å². The van der Waals surface area contributed by atoms with Crippen LogP contribution in [0.1, 0.15) is 20.8 Å². The van der Waals surface area contributed by atoms with Crippen molar-refractivity contribution in [2.45, 2.75) is 26.4 Å².